The SMILES string of the molecule is CCOc1ccc(C)cc1C(C)NC(=O)C(=O)NCC(C)O. The number of hydrogen-bond donors (Lipinski definition) is 3. The summed E-state index contributed by atoms with van der Waals surface area (Å²) in [6.45, 7) is 7.71. The number of ether oxygens (including phenoxy) is 1. The summed E-state index contributed by atoms with van der Waals surface area (Å²) in [4.78, 5) is 23.5. The van der Waals surface area contributed by atoms with Crippen LogP contribution in [0.25, 0.3) is 0 Å². The van der Waals surface area contributed by atoms with Crippen LogP contribution in [0.5, 0.6) is 5.75 Å². The van der Waals surface area contributed by atoms with E-state index in [2.05, 4.69) is 10.6 Å². The third-order valence-electron chi connectivity index (χ3n) is 3.04. The molecule has 1 aromatic rings. The number of nitrogens with one attached hydrogen (secondary N) is 2. The molecule has 0 aliphatic carbocycles. The maximum absolute atomic E-state index is 11.8. The van der Waals surface area contributed by atoms with Crippen LogP contribution in [0.4, 0.5) is 0 Å². The topological polar surface area (TPSA) is 87.7 Å². The molecule has 0 aromatic heterocycles. The Labute approximate surface area is 130 Å². The monoisotopic (exact) mass is 308 g/mol. The van der Waals surface area contributed by atoms with Crippen molar-refractivity contribution in [1.82, 2.24) is 10.6 Å². The van der Waals surface area contributed by atoms with Crippen LogP contribution in [0.1, 0.15) is 37.9 Å². The lowest BCUT2D eigenvalue weighted by Gasteiger charge is -2.18. The molecule has 3 N–H and O–H groups in total. The number of aryl methyl sites for hydroxylation is 1. The Morgan fingerprint density at radius 1 is 1.27 bits per heavy atom. The number of carbonyl (C=O) groups is 2. The Bertz CT molecular complexity index is 529. The lowest BCUT2D eigenvalue weighted by molar-refractivity contribution is -0.139. The number of aliphatic hydroxyl groups excluding tert-OH is 1. The number of carbonyl (C=O) groups excluding carboxylic acids is 2. The Balaban J connectivity index is 2.75. The molecule has 0 aliphatic rings. The molecule has 1 aromatic carbocycles. The number of amides is 2. The summed E-state index contributed by atoms with van der Waals surface area (Å²) in [5.41, 5.74) is 1.86. The van der Waals surface area contributed by atoms with E-state index in [4.69, 9.17) is 9.84 Å². The fourth-order valence-corrected chi connectivity index (χ4v) is 1.95. The summed E-state index contributed by atoms with van der Waals surface area (Å²) in [7, 11) is 0. The molecule has 0 aliphatic heterocycles. The van der Waals surface area contributed by atoms with E-state index in [1.54, 1.807) is 6.92 Å². The van der Waals surface area contributed by atoms with Crippen LogP contribution in [0, 0.1) is 6.92 Å². The van der Waals surface area contributed by atoms with Crippen LogP contribution in [0.15, 0.2) is 18.2 Å². The lowest BCUT2D eigenvalue weighted by atomic mass is 10.0. The van der Waals surface area contributed by atoms with E-state index in [1.165, 1.54) is 6.92 Å². The fraction of sp³-hybridized carbons (Fsp3) is 0.500. The smallest absolute Gasteiger partial charge is 0.309 e. The van der Waals surface area contributed by atoms with Gasteiger partial charge in [-0.15, -0.1) is 0 Å². The minimum absolute atomic E-state index is 0.0370. The third-order valence-corrected chi connectivity index (χ3v) is 3.04. The quantitative estimate of drug-likeness (QED) is 0.686. The Morgan fingerprint density at radius 2 is 1.95 bits per heavy atom. The van der Waals surface area contributed by atoms with Crippen molar-refractivity contribution in [2.24, 2.45) is 0 Å². The van der Waals surface area contributed by atoms with Crippen LogP contribution in [0.2, 0.25) is 0 Å². The van der Waals surface area contributed by atoms with E-state index < -0.39 is 17.9 Å². The highest BCUT2D eigenvalue weighted by Crippen LogP contribution is 2.26. The van der Waals surface area contributed by atoms with Crippen LogP contribution in [0.3, 0.4) is 0 Å². The van der Waals surface area contributed by atoms with Crippen molar-refractivity contribution < 1.29 is 19.4 Å². The molecule has 0 bridgehead atoms. The van der Waals surface area contributed by atoms with Gasteiger partial charge in [0.1, 0.15) is 5.75 Å². The third kappa shape index (κ3) is 5.37. The molecule has 0 radical (unpaired) electrons. The van der Waals surface area contributed by atoms with E-state index in [0.29, 0.717) is 12.4 Å². The summed E-state index contributed by atoms with van der Waals surface area (Å²) in [6, 6.07) is 5.33. The van der Waals surface area contributed by atoms with Gasteiger partial charge in [-0.05, 0) is 33.8 Å². The van der Waals surface area contributed by atoms with Crippen molar-refractivity contribution in [2.45, 2.75) is 39.8 Å². The first-order valence-electron chi connectivity index (χ1n) is 7.35. The summed E-state index contributed by atoms with van der Waals surface area (Å²) in [5, 5.41) is 14.1. The predicted octanol–water partition coefficient (Wildman–Crippen LogP) is 1.07. The molecule has 1 rings (SSSR count). The van der Waals surface area contributed by atoms with Gasteiger partial charge in [-0.2, -0.15) is 0 Å². The molecule has 2 atom stereocenters. The highest BCUT2D eigenvalue weighted by molar-refractivity contribution is 6.35. The molecule has 0 fully saturated rings. The van der Waals surface area contributed by atoms with Gasteiger partial charge < -0.3 is 20.5 Å². The van der Waals surface area contributed by atoms with Crippen molar-refractivity contribution in [3.05, 3.63) is 29.3 Å². The summed E-state index contributed by atoms with van der Waals surface area (Å²) in [5.74, 6) is -0.819. The van der Waals surface area contributed by atoms with Gasteiger partial charge in [0.05, 0.1) is 18.8 Å². The summed E-state index contributed by atoms with van der Waals surface area (Å²) in [6.07, 6.45) is -0.699. The molecular formula is C16H24N2O4. The molecule has 0 saturated heterocycles. The summed E-state index contributed by atoms with van der Waals surface area (Å²) >= 11 is 0. The molecular weight excluding hydrogens is 284 g/mol. The largest absolute Gasteiger partial charge is 0.494 e. The first-order valence-corrected chi connectivity index (χ1v) is 7.35. The number of hydrogen-bond acceptors (Lipinski definition) is 4. The van der Waals surface area contributed by atoms with Gasteiger partial charge >= 0.3 is 11.8 Å². The van der Waals surface area contributed by atoms with Crippen molar-refractivity contribution in [3.63, 3.8) is 0 Å². The average molecular weight is 308 g/mol. The van der Waals surface area contributed by atoms with Crippen LogP contribution >= 0.6 is 0 Å². The van der Waals surface area contributed by atoms with Crippen molar-refractivity contribution >= 4 is 11.8 Å². The van der Waals surface area contributed by atoms with Gasteiger partial charge in [0.25, 0.3) is 0 Å². The minimum atomic E-state index is -0.765. The zero-order valence-corrected chi connectivity index (χ0v) is 13.5. The molecule has 2 unspecified atom stereocenters. The first-order chi connectivity index (χ1) is 10.3. The zero-order valence-electron chi connectivity index (χ0n) is 13.5. The van der Waals surface area contributed by atoms with Crippen molar-refractivity contribution in [2.75, 3.05) is 13.2 Å². The summed E-state index contributed by atoms with van der Waals surface area (Å²) < 4.78 is 5.55. The number of aliphatic hydroxyl groups is 1. The molecule has 0 heterocycles. The molecule has 0 spiro atoms. The van der Waals surface area contributed by atoms with Gasteiger partial charge in [0.2, 0.25) is 0 Å². The maximum atomic E-state index is 11.8. The highest BCUT2D eigenvalue weighted by Gasteiger charge is 2.19. The van der Waals surface area contributed by atoms with E-state index >= 15 is 0 Å². The van der Waals surface area contributed by atoms with Gasteiger partial charge in [-0.1, -0.05) is 17.7 Å². The number of rotatable bonds is 6. The minimum Gasteiger partial charge on any atom is -0.494 e. The molecule has 122 valence electrons. The second-order valence-electron chi connectivity index (χ2n) is 5.23. The fourth-order valence-electron chi connectivity index (χ4n) is 1.95. The normalized spacial score (nSPS) is 13.1. The van der Waals surface area contributed by atoms with Crippen molar-refractivity contribution in [1.29, 1.82) is 0 Å². The van der Waals surface area contributed by atoms with Gasteiger partial charge in [0.15, 0.2) is 0 Å². The van der Waals surface area contributed by atoms with Crippen LogP contribution in [-0.2, 0) is 9.59 Å². The van der Waals surface area contributed by atoms with Gasteiger partial charge in [0, 0.05) is 12.1 Å². The second kappa shape index (κ2) is 8.38. The Morgan fingerprint density at radius 3 is 2.55 bits per heavy atom. The number of benzene rings is 1. The highest BCUT2D eigenvalue weighted by atomic mass is 16.5. The molecule has 22 heavy (non-hydrogen) atoms. The molecule has 2 amide bonds. The standard InChI is InChI=1S/C16H24N2O4/c1-5-22-14-7-6-10(2)8-13(14)12(4)18-16(21)15(20)17-9-11(3)19/h6-8,11-12,19H,5,9H2,1-4H3,(H,17,20)(H,18,21). The second-order valence-corrected chi connectivity index (χ2v) is 5.23. The van der Waals surface area contributed by atoms with Crippen LogP contribution < -0.4 is 15.4 Å². The average Bonchev–Trinajstić information content (AvgIpc) is 2.46. The van der Waals surface area contributed by atoms with Gasteiger partial charge in [-0.25, -0.2) is 0 Å². The molecule has 6 nitrogen and oxygen atoms in total. The van der Waals surface area contributed by atoms with E-state index in [1.807, 2.05) is 32.0 Å². The maximum Gasteiger partial charge on any atom is 0.309 e. The van der Waals surface area contributed by atoms with E-state index in [0.717, 1.165) is 11.1 Å². The van der Waals surface area contributed by atoms with Gasteiger partial charge in [-0.3, -0.25) is 9.59 Å². The molecule has 0 saturated carbocycles. The van der Waals surface area contributed by atoms with E-state index in [-0.39, 0.29) is 12.6 Å². The predicted molar refractivity (Wildman–Crippen MR) is 83.6 cm³/mol. The van der Waals surface area contributed by atoms with Crippen LogP contribution in [-0.4, -0.2) is 36.2 Å². The zero-order chi connectivity index (χ0) is 16.7. The van der Waals surface area contributed by atoms with Crippen molar-refractivity contribution in [3.8, 4) is 5.75 Å². The van der Waals surface area contributed by atoms with E-state index in [9.17, 15) is 9.59 Å². The first kappa shape index (κ1) is 18.0. The molecule has 6 heteroatoms. The Kier molecular flexibility index (Phi) is 6.85. The Hall–Kier alpha value is -2.08. The lowest BCUT2D eigenvalue weighted by Crippen LogP contribution is -2.43.